The molecule has 0 spiro atoms. The molecule has 22 heavy (non-hydrogen) atoms. The first-order valence-corrected chi connectivity index (χ1v) is 9.02. The minimum atomic E-state index is -3.35. The fraction of sp³-hybridized carbons (Fsp3) is 0.533. The summed E-state index contributed by atoms with van der Waals surface area (Å²) < 4.78 is 29.1. The smallest absolute Gasteiger partial charge is 0.238 e. The number of likely N-dealkylation sites (tertiary alicyclic amines) is 1. The van der Waals surface area contributed by atoms with E-state index >= 15 is 0 Å². The maximum absolute atomic E-state index is 12.4. The molecule has 0 aromatic heterocycles. The van der Waals surface area contributed by atoms with Gasteiger partial charge in [0, 0.05) is 13.6 Å². The third-order valence-corrected chi connectivity index (χ3v) is 5.26. The second kappa shape index (κ2) is 6.66. The molecule has 7 heteroatoms. The molecule has 2 rings (SSSR count). The summed E-state index contributed by atoms with van der Waals surface area (Å²) in [5.74, 6) is 0.614. The van der Waals surface area contributed by atoms with Crippen molar-refractivity contribution in [2.75, 3.05) is 33.5 Å². The summed E-state index contributed by atoms with van der Waals surface area (Å²) in [6, 6.07) is 7.66. The van der Waals surface area contributed by atoms with Gasteiger partial charge in [0.15, 0.2) is 0 Å². The molecule has 1 saturated heterocycles. The Morgan fingerprint density at radius 1 is 1.36 bits per heavy atom. The van der Waals surface area contributed by atoms with Gasteiger partial charge in [-0.2, -0.15) is 4.31 Å². The molecule has 0 unspecified atom stereocenters. The molecule has 1 heterocycles. The van der Waals surface area contributed by atoms with Crippen molar-refractivity contribution in [2.24, 2.45) is 0 Å². The van der Waals surface area contributed by atoms with E-state index in [0.29, 0.717) is 6.54 Å². The molecular weight excluding hydrogens is 304 g/mol. The van der Waals surface area contributed by atoms with Crippen LogP contribution in [0, 0.1) is 0 Å². The summed E-state index contributed by atoms with van der Waals surface area (Å²) in [6.07, 6.45) is 2.91. The highest BCUT2D eigenvalue weighted by atomic mass is 32.2. The quantitative estimate of drug-likeness (QED) is 0.817. The highest BCUT2D eigenvalue weighted by molar-refractivity contribution is 7.88. The molecule has 122 valence electrons. The summed E-state index contributed by atoms with van der Waals surface area (Å²) in [7, 11) is -0.314. The number of hydrogen-bond acceptors (Lipinski definition) is 4. The van der Waals surface area contributed by atoms with Crippen molar-refractivity contribution in [1.29, 1.82) is 0 Å². The number of sulfonamides is 1. The van der Waals surface area contributed by atoms with Gasteiger partial charge in [-0.1, -0.05) is 12.1 Å². The number of likely N-dealkylation sites (N-methyl/N-ethyl adjacent to an activating group) is 1. The van der Waals surface area contributed by atoms with Crippen molar-refractivity contribution < 1.29 is 17.9 Å². The van der Waals surface area contributed by atoms with E-state index in [0.717, 1.165) is 34.7 Å². The maximum Gasteiger partial charge on any atom is 0.238 e. The van der Waals surface area contributed by atoms with Crippen LogP contribution in [-0.2, 0) is 14.8 Å². The standard InChI is InChI=1S/C15H22N2O4S/c1-16(22(3,19)20)11-15(18)17-10-4-5-14(17)12-6-8-13(21-2)9-7-12/h6-9,14H,4-5,10-11H2,1-3H3/t14-/m0/s1. The normalized spacial score (nSPS) is 18.7. The van der Waals surface area contributed by atoms with Gasteiger partial charge in [-0.05, 0) is 30.5 Å². The number of carbonyl (C=O) groups is 1. The summed E-state index contributed by atoms with van der Waals surface area (Å²) in [5, 5.41) is 0. The fourth-order valence-corrected chi connectivity index (χ4v) is 2.98. The van der Waals surface area contributed by atoms with Gasteiger partial charge in [0.05, 0.1) is 26.0 Å². The molecule has 1 aromatic carbocycles. The van der Waals surface area contributed by atoms with E-state index in [2.05, 4.69) is 0 Å². The third kappa shape index (κ3) is 3.78. The van der Waals surface area contributed by atoms with Crippen LogP contribution in [0.4, 0.5) is 0 Å². The number of nitrogens with zero attached hydrogens (tertiary/aromatic N) is 2. The number of methoxy groups -OCH3 is 1. The van der Waals surface area contributed by atoms with E-state index < -0.39 is 10.0 Å². The molecule has 0 saturated carbocycles. The van der Waals surface area contributed by atoms with E-state index in [1.165, 1.54) is 7.05 Å². The van der Waals surface area contributed by atoms with Crippen LogP contribution in [-0.4, -0.2) is 57.0 Å². The number of ether oxygens (including phenoxy) is 1. The predicted octanol–water partition coefficient (Wildman–Crippen LogP) is 1.25. The zero-order chi connectivity index (χ0) is 16.3. The number of hydrogen-bond donors (Lipinski definition) is 0. The lowest BCUT2D eigenvalue weighted by Gasteiger charge is -2.27. The van der Waals surface area contributed by atoms with Crippen molar-refractivity contribution in [2.45, 2.75) is 18.9 Å². The third-order valence-electron chi connectivity index (χ3n) is 4.00. The Morgan fingerprint density at radius 3 is 2.55 bits per heavy atom. The van der Waals surface area contributed by atoms with Gasteiger partial charge >= 0.3 is 0 Å². The van der Waals surface area contributed by atoms with E-state index in [-0.39, 0.29) is 18.5 Å². The number of benzene rings is 1. The lowest BCUT2D eigenvalue weighted by atomic mass is 10.0. The molecule has 0 aliphatic carbocycles. The first-order chi connectivity index (χ1) is 10.3. The summed E-state index contributed by atoms with van der Waals surface area (Å²) in [4.78, 5) is 14.2. The van der Waals surface area contributed by atoms with Crippen molar-refractivity contribution in [3.8, 4) is 5.75 Å². The van der Waals surface area contributed by atoms with Gasteiger partial charge < -0.3 is 9.64 Å². The van der Waals surface area contributed by atoms with Gasteiger partial charge in [0.2, 0.25) is 15.9 Å². The Balaban J connectivity index is 2.11. The summed E-state index contributed by atoms with van der Waals surface area (Å²) in [6.45, 7) is 0.540. The molecule has 6 nitrogen and oxygen atoms in total. The molecule has 1 atom stereocenters. The number of carbonyl (C=O) groups excluding carboxylic acids is 1. The van der Waals surface area contributed by atoms with Crippen LogP contribution >= 0.6 is 0 Å². The van der Waals surface area contributed by atoms with Crippen molar-refractivity contribution in [3.05, 3.63) is 29.8 Å². The molecular formula is C15H22N2O4S. The lowest BCUT2D eigenvalue weighted by molar-refractivity contribution is -0.132. The highest BCUT2D eigenvalue weighted by Crippen LogP contribution is 2.32. The minimum absolute atomic E-state index is 0.00589. The summed E-state index contributed by atoms with van der Waals surface area (Å²) in [5.41, 5.74) is 1.05. The van der Waals surface area contributed by atoms with Crippen LogP contribution in [0.3, 0.4) is 0 Å². The molecule has 1 amide bonds. The largest absolute Gasteiger partial charge is 0.497 e. The molecule has 1 aliphatic rings. The van der Waals surface area contributed by atoms with Crippen molar-refractivity contribution in [3.63, 3.8) is 0 Å². The lowest BCUT2D eigenvalue weighted by Crippen LogP contribution is -2.40. The van der Waals surface area contributed by atoms with Crippen LogP contribution in [0.2, 0.25) is 0 Å². The Bertz CT molecular complexity index is 627. The molecule has 1 aliphatic heterocycles. The van der Waals surface area contributed by atoms with Gasteiger partial charge in [-0.15, -0.1) is 0 Å². The topological polar surface area (TPSA) is 66.9 Å². The van der Waals surface area contributed by atoms with Gasteiger partial charge in [-0.25, -0.2) is 8.42 Å². The maximum atomic E-state index is 12.4. The number of rotatable bonds is 5. The molecule has 1 aromatic rings. The summed E-state index contributed by atoms with van der Waals surface area (Å²) >= 11 is 0. The van der Waals surface area contributed by atoms with Gasteiger partial charge in [0.1, 0.15) is 5.75 Å². The number of amides is 1. The molecule has 0 bridgehead atoms. The van der Waals surface area contributed by atoms with E-state index in [1.54, 1.807) is 12.0 Å². The van der Waals surface area contributed by atoms with Crippen molar-refractivity contribution in [1.82, 2.24) is 9.21 Å². The van der Waals surface area contributed by atoms with Crippen LogP contribution in [0.1, 0.15) is 24.4 Å². The first-order valence-electron chi connectivity index (χ1n) is 7.17. The predicted molar refractivity (Wildman–Crippen MR) is 84.2 cm³/mol. The molecule has 1 fully saturated rings. The highest BCUT2D eigenvalue weighted by Gasteiger charge is 2.31. The fourth-order valence-electron chi connectivity index (χ4n) is 2.64. The Hall–Kier alpha value is -1.60. The molecule has 0 N–H and O–H groups in total. The van der Waals surface area contributed by atoms with Gasteiger partial charge in [-0.3, -0.25) is 4.79 Å². The second-order valence-corrected chi connectivity index (χ2v) is 7.63. The van der Waals surface area contributed by atoms with Crippen LogP contribution in [0.25, 0.3) is 0 Å². The first kappa shape index (κ1) is 16.8. The van der Waals surface area contributed by atoms with Crippen molar-refractivity contribution >= 4 is 15.9 Å². The Kier molecular flexibility index (Phi) is 5.08. The van der Waals surface area contributed by atoms with Crippen LogP contribution in [0.15, 0.2) is 24.3 Å². The van der Waals surface area contributed by atoms with Crippen LogP contribution < -0.4 is 4.74 Å². The van der Waals surface area contributed by atoms with E-state index in [1.807, 2.05) is 24.3 Å². The average Bonchev–Trinajstić information content (AvgIpc) is 2.95. The average molecular weight is 326 g/mol. The zero-order valence-electron chi connectivity index (χ0n) is 13.2. The van der Waals surface area contributed by atoms with Gasteiger partial charge in [0.25, 0.3) is 0 Å². The Morgan fingerprint density at radius 2 is 2.00 bits per heavy atom. The second-order valence-electron chi connectivity index (χ2n) is 5.54. The van der Waals surface area contributed by atoms with E-state index in [9.17, 15) is 13.2 Å². The monoisotopic (exact) mass is 326 g/mol. The molecule has 0 radical (unpaired) electrons. The Labute approximate surface area is 131 Å². The zero-order valence-corrected chi connectivity index (χ0v) is 14.0. The van der Waals surface area contributed by atoms with E-state index in [4.69, 9.17) is 4.74 Å². The minimum Gasteiger partial charge on any atom is -0.497 e. The van der Waals surface area contributed by atoms with Crippen LogP contribution in [0.5, 0.6) is 5.75 Å². The SMILES string of the molecule is COc1ccc([C@@H]2CCCN2C(=O)CN(C)S(C)(=O)=O)cc1.